The van der Waals surface area contributed by atoms with Crippen LogP contribution in [0.5, 0.6) is 0 Å². The second kappa shape index (κ2) is 8.83. The first-order chi connectivity index (χ1) is 13.3. The summed E-state index contributed by atoms with van der Waals surface area (Å²) in [6.45, 7) is 5.74. The van der Waals surface area contributed by atoms with Crippen molar-refractivity contribution in [1.29, 1.82) is 0 Å². The molecule has 0 aliphatic carbocycles. The van der Waals surface area contributed by atoms with Crippen LogP contribution < -0.4 is 11.1 Å². The number of nitrogens with one attached hydrogen (secondary N) is 1. The van der Waals surface area contributed by atoms with Gasteiger partial charge < -0.3 is 11.1 Å². The first kappa shape index (κ1) is 21.4. The third-order valence-electron chi connectivity index (χ3n) is 3.81. The zero-order valence-corrected chi connectivity index (χ0v) is 16.7. The van der Waals surface area contributed by atoms with E-state index >= 15 is 0 Å². The minimum absolute atomic E-state index is 0.0717. The topological polar surface area (TPSA) is 98.0 Å². The summed E-state index contributed by atoms with van der Waals surface area (Å²) in [5.74, 6) is -3.05. The highest BCUT2D eigenvalue weighted by Gasteiger charge is 2.19. The van der Waals surface area contributed by atoms with E-state index in [2.05, 4.69) is 15.5 Å². The average molecular weight is 406 g/mol. The molecule has 28 heavy (non-hydrogen) atoms. The highest BCUT2D eigenvalue weighted by atomic mass is 32.2. The van der Waals surface area contributed by atoms with E-state index < -0.39 is 28.3 Å². The molecule has 0 saturated heterocycles. The normalized spacial score (nSPS) is 11.5. The van der Waals surface area contributed by atoms with Gasteiger partial charge in [0.05, 0.1) is 16.9 Å². The number of amides is 1. The molecule has 1 amide bonds. The van der Waals surface area contributed by atoms with Crippen LogP contribution in [-0.2, 0) is 10.8 Å². The van der Waals surface area contributed by atoms with Crippen LogP contribution in [0.25, 0.3) is 10.9 Å². The zero-order chi connectivity index (χ0) is 21.0. The van der Waals surface area contributed by atoms with Crippen LogP contribution in [0.15, 0.2) is 35.2 Å². The Morgan fingerprint density at radius 3 is 2.46 bits per heavy atom. The van der Waals surface area contributed by atoms with Crippen LogP contribution >= 0.6 is 0 Å². The fourth-order valence-corrected chi connectivity index (χ4v) is 3.17. The Labute approximate surface area is 163 Å². The number of rotatable bonds is 4. The number of carbonyl (C=O) groups excluding carboxylic acids is 1. The van der Waals surface area contributed by atoms with E-state index in [9.17, 15) is 17.8 Å². The molecule has 0 spiro atoms. The molecule has 148 valence electrons. The number of carbonyl (C=O) groups is 1. The standard InChI is InChI=1S/C17H14F2N4O2S.C2H6/c1-8-6-9(26(2)25)7-10-14(8)22-23-16(17(20)24)15(10)21-12-5-3-4-11(18)13(12)19;1-2/h3-7H,1-2H3,(H2,20,24)(H,21,22);1-2H3. The van der Waals surface area contributed by atoms with E-state index in [0.29, 0.717) is 21.4 Å². The van der Waals surface area contributed by atoms with Gasteiger partial charge in [0.1, 0.15) is 0 Å². The zero-order valence-electron chi connectivity index (χ0n) is 15.8. The smallest absolute Gasteiger partial charge is 0.271 e. The summed E-state index contributed by atoms with van der Waals surface area (Å²) in [6, 6.07) is 6.84. The Kier molecular flexibility index (Phi) is 6.74. The second-order valence-electron chi connectivity index (χ2n) is 5.60. The summed E-state index contributed by atoms with van der Waals surface area (Å²) in [6.07, 6.45) is 1.50. The number of halogens is 2. The predicted octanol–water partition coefficient (Wildman–Crippen LogP) is 3.82. The van der Waals surface area contributed by atoms with E-state index in [1.54, 1.807) is 19.1 Å². The maximum absolute atomic E-state index is 14.1. The Morgan fingerprint density at radius 1 is 1.18 bits per heavy atom. The highest BCUT2D eigenvalue weighted by molar-refractivity contribution is 7.84. The number of fused-ring (bicyclic) bond motifs is 1. The number of anilines is 2. The number of aryl methyl sites for hydroxylation is 1. The van der Waals surface area contributed by atoms with Crippen molar-refractivity contribution < 1.29 is 17.8 Å². The lowest BCUT2D eigenvalue weighted by Crippen LogP contribution is -2.17. The van der Waals surface area contributed by atoms with Crippen LogP contribution in [-0.4, -0.2) is 26.6 Å². The van der Waals surface area contributed by atoms with Crippen molar-refractivity contribution in [2.24, 2.45) is 5.73 Å². The van der Waals surface area contributed by atoms with E-state index in [1.807, 2.05) is 13.8 Å². The molecule has 1 atom stereocenters. The molecule has 0 aliphatic heterocycles. The molecule has 2 aromatic carbocycles. The molecule has 3 aromatic rings. The van der Waals surface area contributed by atoms with Crippen molar-refractivity contribution in [3.8, 4) is 0 Å². The Bertz CT molecular complexity index is 1070. The number of benzene rings is 2. The Hall–Kier alpha value is -2.94. The number of primary amides is 1. The summed E-state index contributed by atoms with van der Waals surface area (Å²) >= 11 is 0. The van der Waals surface area contributed by atoms with Gasteiger partial charge in [0, 0.05) is 27.3 Å². The van der Waals surface area contributed by atoms with Gasteiger partial charge in [-0.25, -0.2) is 8.78 Å². The van der Waals surface area contributed by atoms with E-state index in [0.717, 1.165) is 6.07 Å². The fraction of sp³-hybridized carbons (Fsp3) is 0.211. The molecular weight excluding hydrogens is 386 g/mol. The van der Waals surface area contributed by atoms with Gasteiger partial charge in [0.2, 0.25) is 0 Å². The minimum atomic E-state index is -1.30. The van der Waals surface area contributed by atoms with Gasteiger partial charge in [0.15, 0.2) is 17.3 Å². The van der Waals surface area contributed by atoms with Crippen LogP contribution in [0.2, 0.25) is 0 Å². The molecule has 0 radical (unpaired) electrons. The summed E-state index contributed by atoms with van der Waals surface area (Å²) in [7, 11) is -1.30. The third kappa shape index (κ3) is 4.14. The third-order valence-corrected chi connectivity index (χ3v) is 4.71. The lowest BCUT2D eigenvalue weighted by atomic mass is 10.1. The molecule has 9 heteroatoms. The number of nitrogens with zero attached hydrogens (tertiary/aromatic N) is 2. The quantitative estimate of drug-likeness (QED) is 0.686. The SMILES string of the molecule is CC.Cc1cc(S(C)=O)cc2c(Nc3cccc(F)c3F)c(C(N)=O)nnc12. The summed E-state index contributed by atoms with van der Waals surface area (Å²) < 4.78 is 39.5. The second-order valence-corrected chi connectivity index (χ2v) is 6.98. The fourth-order valence-electron chi connectivity index (χ4n) is 2.55. The van der Waals surface area contributed by atoms with Crippen molar-refractivity contribution in [1.82, 2.24) is 10.2 Å². The molecular formula is C19H20F2N4O2S. The predicted molar refractivity (Wildman–Crippen MR) is 106 cm³/mol. The number of hydrogen-bond acceptors (Lipinski definition) is 5. The summed E-state index contributed by atoms with van der Waals surface area (Å²) in [4.78, 5) is 12.3. The molecule has 3 N–H and O–H groups in total. The summed E-state index contributed by atoms with van der Waals surface area (Å²) in [5, 5.41) is 10.9. The van der Waals surface area contributed by atoms with E-state index in [4.69, 9.17) is 5.73 Å². The maximum Gasteiger partial charge on any atom is 0.271 e. The lowest BCUT2D eigenvalue weighted by molar-refractivity contribution is 0.0995. The molecule has 3 rings (SSSR count). The van der Waals surface area contributed by atoms with Crippen molar-refractivity contribution in [3.63, 3.8) is 0 Å². The Morgan fingerprint density at radius 2 is 1.86 bits per heavy atom. The van der Waals surface area contributed by atoms with Crippen molar-refractivity contribution in [2.45, 2.75) is 25.7 Å². The van der Waals surface area contributed by atoms with Gasteiger partial charge in [-0.15, -0.1) is 10.2 Å². The van der Waals surface area contributed by atoms with Crippen molar-refractivity contribution in [3.05, 3.63) is 53.2 Å². The van der Waals surface area contributed by atoms with Crippen LogP contribution in [0.1, 0.15) is 29.9 Å². The molecule has 0 aliphatic rings. The maximum atomic E-state index is 14.1. The van der Waals surface area contributed by atoms with Gasteiger partial charge in [0.25, 0.3) is 5.91 Å². The van der Waals surface area contributed by atoms with Crippen LogP contribution in [0.3, 0.4) is 0 Å². The molecule has 0 bridgehead atoms. The molecule has 0 saturated carbocycles. The van der Waals surface area contributed by atoms with Crippen LogP contribution in [0.4, 0.5) is 20.2 Å². The number of nitrogens with two attached hydrogens (primary N) is 1. The molecule has 1 aromatic heterocycles. The minimum Gasteiger partial charge on any atom is -0.364 e. The number of hydrogen-bond donors (Lipinski definition) is 2. The van der Waals surface area contributed by atoms with Crippen LogP contribution in [0, 0.1) is 18.6 Å². The Balaban J connectivity index is 0.00000136. The number of aromatic nitrogens is 2. The van der Waals surface area contributed by atoms with Gasteiger partial charge in [-0.1, -0.05) is 19.9 Å². The van der Waals surface area contributed by atoms with Gasteiger partial charge >= 0.3 is 0 Å². The van der Waals surface area contributed by atoms with Gasteiger partial charge in [-0.3, -0.25) is 9.00 Å². The molecule has 1 heterocycles. The monoisotopic (exact) mass is 406 g/mol. The van der Waals surface area contributed by atoms with E-state index in [-0.39, 0.29) is 17.1 Å². The van der Waals surface area contributed by atoms with Crippen molar-refractivity contribution >= 4 is 39.0 Å². The lowest BCUT2D eigenvalue weighted by Gasteiger charge is -2.14. The van der Waals surface area contributed by atoms with Gasteiger partial charge in [-0.2, -0.15) is 0 Å². The van der Waals surface area contributed by atoms with E-state index in [1.165, 1.54) is 18.4 Å². The largest absolute Gasteiger partial charge is 0.364 e. The first-order valence-corrected chi connectivity index (χ1v) is 10.0. The molecule has 1 unspecified atom stereocenters. The van der Waals surface area contributed by atoms with Gasteiger partial charge in [-0.05, 0) is 36.8 Å². The summed E-state index contributed by atoms with van der Waals surface area (Å²) in [5.41, 5.74) is 6.08. The average Bonchev–Trinajstić information content (AvgIpc) is 2.67. The molecule has 6 nitrogen and oxygen atoms in total. The van der Waals surface area contributed by atoms with Crippen molar-refractivity contribution in [2.75, 3.05) is 11.6 Å². The first-order valence-electron chi connectivity index (χ1n) is 8.45. The molecule has 0 fully saturated rings. The highest BCUT2D eigenvalue weighted by Crippen LogP contribution is 2.32.